The normalized spacial score (nSPS) is 19.9. The molecule has 1 aromatic rings. The third-order valence-corrected chi connectivity index (χ3v) is 2.97. The number of aliphatic hydroxyl groups excluding tert-OH is 2. The second-order valence-corrected chi connectivity index (χ2v) is 4.27. The lowest BCUT2D eigenvalue weighted by atomic mass is 9.98. The molecule has 0 saturated carbocycles. The Balaban J connectivity index is 2.20. The number of nitrogens with one attached hydrogen (secondary N) is 1. The molecule has 0 bridgehead atoms. The first kappa shape index (κ1) is 13.5. The van der Waals surface area contributed by atoms with Crippen molar-refractivity contribution in [1.82, 2.24) is 5.32 Å². The molecule has 1 fully saturated rings. The van der Waals surface area contributed by atoms with Gasteiger partial charge in [-0.25, -0.2) is 0 Å². The van der Waals surface area contributed by atoms with E-state index >= 15 is 0 Å². The maximum Gasteiger partial charge on any atom is 0.184 e. The van der Waals surface area contributed by atoms with Gasteiger partial charge in [-0.05, 0) is 12.6 Å². The number of hydrogen-bond donors (Lipinski definition) is 3. The van der Waals surface area contributed by atoms with Crippen LogP contribution < -0.4 is 5.32 Å². The molecule has 5 nitrogen and oxygen atoms in total. The Bertz CT molecular complexity index is 379. The van der Waals surface area contributed by atoms with E-state index in [1.807, 2.05) is 18.2 Å². The molecule has 0 amide bonds. The van der Waals surface area contributed by atoms with Crippen LogP contribution in [0.4, 0.5) is 0 Å². The zero-order valence-corrected chi connectivity index (χ0v) is 10.4. The molecule has 1 aromatic carbocycles. The summed E-state index contributed by atoms with van der Waals surface area (Å²) in [4.78, 5) is 0. The van der Waals surface area contributed by atoms with Gasteiger partial charge in [0, 0.05) is 12.1 Å². The highest BCUT2D eigenvalue weighted by Crippen LogP contribution is 2.30. The van der Waals surface area contributed by atoms with Crippen molar-refractivity contribution in [3.8, 4) is 0 Å². The highest BCUT2D eigenvalue weighted by Gasteiger charge is 2.26. The number of benzene rings is 1. The van der Waals surface area contributed by atoms with E-state index in [0.29, 0.717) is 25.3 Å². The second-order valence-electron chi connectivity index (χ2n) is 4.27. The van der Waals surface area contributed by atoms with Crippen molar-refractivity contribution >= 4 is 0 Å². The first-order chi connectivity index (χ1) is 8.74. The van der Waals surface area contributed by atoms with Crippen LogP contribution in [0, 0.1) is 0 Å². The van der Waals surface area contributed by atoms with Crippen molar-refractivity contribution in [3.63, 3.8) is 0 Å². The summed E-state index contributed by atoms with van der Waals surface area (Å²) >= 11 is 0. The fraction of sp³-hybridized carbons (Fsp3) is 0.538. The van der Waals surface area contributed by atoms with Gasteiger partial charge >= 0.3 is 0 Å². The monoisotopic (exact) mass is 253 g/mol. The Hall–Kier alpha value is -0.980. The van der Waals surface area contributed by atoms with Gasteiger partial charge in [-0.2, -0.15) is 0 Å². The van der Waals surface area contributed by atoms with Crippen LogP contribution in [0.5, 0.6) is 0 Å². The standard InChI is InChI=1S/C13H19NO4/c1-14-8-11(15)12(16)9-4-2-3-5-10(9)13-17-6-7-18-13/h2-5,11-16H,6-8H2,1H3. The summed E-state index contributed by atoms with van der Waals surface area (Å²) in [6.45, 7) is 1.42. The number of rotatable bonds is 5. The summed E-state index contributed by atoms with van der Waals surface area (Å²) in [5, 5.41) is 22.8. The highest BCUT2D eigenvalue weighted by atomic mass is 16.7. The Morgan fingerprint density at radius 2 is 1.94 bits per heavy atom. The molecule has 3 N–H and O–H groups in total. The molecule has 100 valence electrons. The minimum Gasteiger partial charge on any atom is -0.389 e. The molecular weight excluding hydrogens is 234 g/mol. The maximum atomic E-state index is 10.2. The minimum absolute atomic E-state index is 0.321. The Morgan fingerprint density at radius 1 is 1.28 bits per heavy atom. The second kappa shape index (κ2) is 6.26. The van der Waals surface area contributed by atoms with Crippen LogP contribution in [-0.4, -0.2) is 43.1 Å². The van der Waals surface area contributed by atoms with Crippen LogP contribution in [0.2, 0.25) is 0 Å². The maximum absolute atomic E-state index is 10.2. The molecule has 2 atom stereocenters. The van der Waals surface area contributed by atoms with E-state index in [4.69, 9.17) is 9.47 Å². The summed E-state index contributed by atoms with van der Waals surface area (Å²) in [5.74, 6) is 0. The third-order valence-electron chi connectivity index (χ3n) is 2.97. The van der Waals surface area contributed by atoms with Crippen LogP contribution in [0.1, 0.15) is 23.5 Å². The molecule has 1 aliphatic rings. The third kappa shape index (κ3) is 2.88. The van der Waals surface area contributed by atoms with Crippen LogP contribution in [0.15, 0.2) is 24.3 Å². The molecular formula is C13H19NO4. The molecule has 1 aliphatic heterocycles. The number of likely N-dealkylation sites (N-methyl/N-ethyl adjacent to an activating group) is 1. The van der Waals surface area contributed by atoms with Gasteiger partial charge < -0.3 is 25.0 Å². The lowest BCUT2D eigenvalue weighted by Gasteiger charge is -2.22. The Morgan fingerprint density at radius 3 is 2.61 bits per heavy atom. The van der Waals surface area contributed by atoms with Gasteiger partial charge in [-0.3, -0.25) is 0 Å². The van der Waals surface area contributed by atoms with Crippen molar-refractivity contribution in [2.24, 2.45) is 0 Å². The quantitative estimate of drug-likeness (QED) is 0.706. The largest absolute Gasteiger partial charge is 0.389 e. The van der Waals surface area contributed by atoms with E-state index in [1.165, 1.54) is 0 Å². The van der Waals surface area contributed by atoms with Crippen LogP contribution in [0.25, 0.3) is 0 Å². The topological polar surface area (TPSA) is 71.0 Å². The van der Waals surface area contributed by atoms with Crippen molar-refractivity contribution < 1.29 is 19.7 Å². The van der Waals surface area contributed by atoms with Crippen LogP contribution in [-0.2, 0) is 9.47 Å². The number of aliphatic hydroxyl groups is 2. The number of hydrogen-bond acceptors (Lipinski definition) is 5. The zero-order chi connectivity index (χ0) is 13.0. The molecule has 1 heterocycles. The summed E-state index contributed by atoms with van der Waals surface area (Å²) in [6, 6.07) is 7.31. The molecule has 18 heavy (non-hydrogen) atoms. The van der Waals surface area contributed by atoms with Crippen molar-refractivity contribution in [1.29, 1.82) is 0 Å². The van der Waals surface area contributed by atoms with Gasteiger partial charge in [0.05, 0.1) is 19.3 Å². The molecule has 2 rings (SSSR count). The summed E-state index contributed by atoms with van der Waals surface area (Å²) in [6.07, 6.45) is -2.27. The fourth-order valence-electron chi connectivity index (χ4n) is 2.06. The molecule has 0 spiro atoms. The molecule has 5 heteroatoms. The molecule has 0 aromatic heterocycles. The average molecular weight is 253 g/mol. The Kier molecular flexibility index (Phi) is 4.68. The molecule has 0 aliphatic carbocycles. The molecule has 1 saturated heterocycles. The fourth-order valence-corrected chi connectivity index (χ4v) is 2.06. The summed E-state index contributed by atoms with van der Waals surface area (Å²) in [5.41, 5.74) is 1.42. The zero-order valence-electron chi connectivity index (χ0n) is 10.4. The SMILES string of the molecule is CNCC(O)C(O)c1ccccc1C1OCCO1. The highest BCUT2D eigenvalue weighted by molar-refractivity contribution is 5.31. The van der Waals surface area contributed by atoms with Gasteiger partial charge in [0.15, 0.2) is 6.29 Å². The van der Waals surface area contributed by atoms with E-state index in [2.05, 4.69) is 5.32 Å². The van der Waals surface area contributed by atoms with Gasteiger partial charge in [-0.1, -0.05) is 24.3 Å². The van der Waals surface area contributed by atoms with Crippen LogP contribution in [0.3, 0.4) is 0 Å². The van der Waals surface area contributed by atoms with Gasteiger partial charge in [0.25, 0.3) is 0 Å². The van der Waals surface area contributed by atoms with E-state index in [-0.39, 0.29) is 0 Å². The van der Waals surface area contributed by atoms with Crippen LogP contribution >= 0.6 is 0 Å². The van der Waals surface area contributed by atoms with Crippen molar-refractivity contribution in [2.45, 2.75) is 18.5 Å². The first-order valence-electron chi connectivity index (χ1n) is 6.06. The minimum atomic E-state index is -0.957. The number of ether oxygens (including phenoxy) is 2. The first-order valence-corrected chi connectivity index (χ1v) is 6.06. The molecule has 2 unspecified atom stereocenters. The Labute approximate surface area is 106 Å². The average Bonchev–Trinajstić information content (AvgIpc) is 2.92. The lowest BCUT2D eigenvalue weighted by Crippen LogP contribution is -2.30. The molecule has 0 radical (unpaired) electrons. The predicted molar refractivity (Wildman–Crippen MR) is 66.0 cm³/mol. The van der Waals surface area contributed by atoms with Crippen molar-refractivity contribution in [2.75, 3.05) is 26.8 Å². The van der Waals surface area contributed by atoms with Gasteiger partial charge in [0.1, 0.15) is 6.10 Å². The summed E-state index contributed by atoms with van der Waals surface area (Å²) in [7, 11) is 1.73. The van der Waals surface area contributed by atoms with Gasteiger partial charge in [-0.15, -0.1) is 0 Å². The predicted octanol–water partition coefficient (Wildman–Crippen LogP) is 0.346. The lowest BCUT2D eigenvalue weighted by molar-refractivity contribution is -0.0484. The van der Waals surface area contributed by atoms with E-state index in [0.717, 1.165) is 5.56 Å². The van der Waals surface area contributed by atoms with E-state index < -0.39 is 18.5 Å². The van der Waals surface area contributed by atoms with E-state index in [1.54, 1.807) is 13.1 Å². The summed E-state index contributed by atoms with van der Waals surface area (Å²) < 4.78 is 10.9. The van der Waals surface area contributed by atoms with E-state index in [9.17, 15) is 10.2 Å². The van der Waals surface area contributed by atoms with Gasteiger partial charge in [0.2, 0.25) is 0 Å². The smallest absolute Gasteiger partial charge is 0.184 e. The van der Waals surface area contributed by atoms with Crippen molar-refractivity contribution in [3.05, 3.63) is 35.4 Å².